The van der Waals surface area contributed by atoms with Crippen LogP contribution in [-0.2, 0) is 14.3 Å². The second kappa shape index (κ2) is 8.97. The second-order valence-corrected chi connectivity index (χ2v) is 4.77. The van der Waals surface area contributed by atoms with Gasteiger partial charge in [0.05, 0.1) is 0 Å². The molecule has 3 N–H and O–H groups in total. The Balaban J connectivity index is 2.48. The molecule has 0 fully saturated rings. The molecule has 1 aromatic rings. The number of carbonyl (C=O) groups is 2. The Bertz CT molecular complexity index is 477. The first-order valence-electron chi connectivity index (χ1n) is 6.93. The molecule has 0 bridgehead atoms. The van der Waals surface area contributed by atoms with Crippen molar-refractivity contribution in [2.24, 2.45) is 0 Å². The molecule has 0 saturated heterocycles. The van der Waals surface area contributed by atoms with E-state index in [0.29, 0.717) is 18.8 Å². The molecule has 1 rings (SSSR count). The number of nitrogens with one attached hydrogen (secondary N) is 3. The third-order valence-electron chi connectivity index (χ3n) is 2.78. The van der Waals surface area contributed by atoms with Gasteiger partial charge in [-0.2, -0.15) is 0 Å². The van der Waals surface area contributed by atoms with Crippen molar-refractivity contribution in [3.8, 4) is 0 Å². The molecule has 0 aliphatic carbocycles. The fourth-order valence-corrected chi connectivity index (χ4v) is 1.79. The molecule has 1 aromatic carbocycles. The summed E-state index contributed by atoms with van der Waals surface area (Å²) < 4.78 is 4.92. The van der Waals surface area contributed by atoms with Gasteiger partial charge in [-0.3, -0.25) is 9.59 Å². The van der Waals surface area contributed by atoms with E-state index in [4.69, 9.17) is 4.74 Å². The van der Waals surface area contributed by atoms with E-state index >= 15 is 0 Å². The van der Waals surface area contributed by atoms with E-state index in [2.05, 4.69) is 16.0 Å². The molecule has 0 spiro atoms. The predicted molar refractivity (Wildman–Crippen MR) is 83.3 cm³/mol. The summed E-state index contributed by atoms with van der Waals surface area (Å²) in [5, 5.41) is 8.64. The molecule has 21 heavy (non-hydrogen) atoms. The van der Waals surface area contributed by atoms with Crippen LogP contribution >= 0.6 is 0 Å². The summed E-state index contributed by atoms with van der Waals surface area (Å²) in [6.07, 6.45) is 0.785. The zero-order chi connectivity index (χ0) is 15.7. The summed E-state index contributed by atoms with van der Waals surface area (Å²) in [4.78, 5) is 22.9. The molecule has 6 heteroatoms. The molecule has 116 valence electrons. The molecule has 2 amide bonds. The maximum absolute atomic E-state index is 11.9. The third kappa shape index (κ3) is 6.76. The highest BCUT2D eigenvalue weighted by Gasteiger charge is 2.11. The molecule has 1 unspecified atom stereocenters. The fourth-order valence-electron chi connectivity index (χ4n) is 1.79. The Morgan fingerprint density at radius 2 is 2.00 bits per heavy atom. The Kier molecular flexibility index (Phi) is 7.25. The molecule has 0 aliphatic rings. The molecule has 6 nitrogen and oxygen atoms in total. The van der Waals surface area contributed by atoms with E-state index in [1.54, 1.807) is 26.2 Å². The smallest absolute Gasteiger partial charge is 0.242 e. The van der Waals surface area contributed by atoms with E-state index in [1.807, 2.05) is 12.1 Å². The van der Waals surface area contributed by atoms with Crippen molar-refractivity contribution in [1.29, 1.82) is 0 Å². The van der Waals surface area contributed by atoms with E-state index in [0.717, 1.165) is 12.1 Å². The summed E-state index contributed by atoms with van der Waals surface area (Å²) in [6.45, 7) is 4.46. The van der Waals surface area contributed by atoms with Crippen LogP contribution in [0.4, 0.5) is 11.4 Å². The highest BCUT2D eigenvalue weighted by atomic mass is 16.5. The summed E-state index contributed by atoms with van der Waals surface area (Å²) in [5.41, 5.74) is 1.47. The monoisotopic (exact) mass is 293 g/mol. The van der Waals surface area contributed by atoms with Crippen LogP contribution in [0.3, 0.4) is 0 Å². The van der Waals surface area contributed by atoms with Gasteiger partial charge < -0.3 is 20.7 Å². The standard InChI is InChI=1S/C15H23N3O3/c1-11(15(20)16-8-5-9-21-3)17-13-6-4-7-14(10-13)18-12(2)19/h4,6-7,10-11,17H,5,8-9H2,1-3H3,(H,16,20)(H,18,19). The van der Waals surface area contributed by atoms with Crippen molar-refractivity contribution in [2.45, 2.75) is 26.3 Å². The van der Waals surface area contributed by atoms with Crippen LogP contribution < -0.4 is 16.0 Å². The number of carbonyl (C=O) groups excluding carboxylic acids is 2. The van der Waals surface area contributed by atoms with Gasteiger partial charge in [0.15, 0.2) is 0 Å². The first kappa shape index (κ1) is 17.0. The lowest BCUT2D eigenvalue weighted by atomic mass is 10.2. The molecular formula is C15H23N3O3. The highest BCUT2D eigenvalue weighted by molar-refractivity contribution is 5.89. The average Bonchev–Trinajstić information content (AvgIpc) is 2.43. The Labute approximate surface area is 125 Å². The normalized spacial score (nSPS) is 11.6. The third-order valence-corrected chi connectivity index (χ3v) is 2.78. The number of hydrogen-bond acceptors (Lipinski definition) is 4. The molecule has 0 radical (unpaired) electrons. The molecule has 0 heterocycles. The first-order chi connectivity index (χ1) is 10.0. The predicted octanol–water partition coefficient (Wildman–Crippen LogP) is 1.60. The SMILES string of the molecule is COCCCNC(=O)C(C)Nc1cccc(NC(C)=O)c1. The average molecular weight is 293 g/mol. The number of anilines is 2. The van der Waals surface area contributed by atoms with E-state index < -0.39 is 0 Å². The van der Waals surface area contributed by atoms with Crippen LogP contribution in [0.5, 0.6) is 0 Å². The van der Waals surface area contributed by atoms with Crippen molar-refractivity contribution in [2.75, 3.05) is 30.9 Å². The van der Waals surface area contributed by atoms with Gasteiger partial charge in [0, 0.05) is 38.6 Å². The number of rotatable bonds is 8. The maximum atomic E-state index is 11.9. The number of ether oxygens (including phenoxy) is 1. The minimum absolute atomic E-state index is 0.0731. The largest absolute Gasteiger partial charge is 0.385 e. The van der Waals surface area contributed by atoms with Gasteiger partial charge in [0.25, 0.3) is 0 Å². The van der Waals surface area contributed by atoms with Crippen LogP contribution in [0.15, 0.2) is 24.3 Å². The van der Waals surface area contributed by atoms with E-state index in [9.17, 15) is 9.59 Å². The first-order valence-corrected chi connectivity index (χ1v) is 6.93. The number of hydrogen-bond donors (Lipinski definition) is 3. The zero-order valence-electron chi connectivity index (χ0n) is 12.7. The number of benzene rings is 1. The minimum atomic E-state index is -0.361. The topological polar surface area (TPSA) is 79.5 Å². The van der Waals surface area contributed by atoms with Crippen LogP contribution in [0.25, 0.3) is 0 Å². The summed E-state index contributed by atoms with van der Waals surface area (Å²) in [5.74, 6) is -0.202. The quantitative estimate of drug-likeness (QED) is 0.636. The van der Waals surface area contributed by atoms with Crippen LogP contribution in [0.2, 0.25) is 0 Å². The zero-order valence-corrected chi connectivity index (χ0v) is 12.7. The van der Waals surface area contributed by atoms with Crippen molar-refractivity contribution in [3.63, 3.8) is 0 Å². The molecule has 1 atom stereocenters. The van der Waals surface area contributed by atoms with E-state index in [-0.39, 0.29) is 17.9 Å². The number of amides is 2. The lowest BCUT2D eigenvalue weighted by Crippen LogP contribution is -2.38. The highest BCUT2D eigenvalue weighted by Crippen LogP contribution is 2.15. The number of methoxy groups -OCH3 is 1. The fraction of sp³-hybridized carbons (Fsp3) is 0.467. The van der Waals surface area contributed by atoms with Gasteiger partial charge >= 0.3 is 0 Å². The van der Waals surface area contributed by atoms with Gasteiger partial charge in [0.2, 0.25) is 11.8 Å². The Hall–Kier alpha value is -2.08. The minimum Gasteiger partial charge on any atom is -0.385 e. The summed E-state index contributed by atoms with van der Waals surface area (Å²) in [7, 11) is 1.63. The Morgan fingerprint density at radius 3 is 2.67 bits per heavy atom. The summed E-state index contributed by atoms with van der Waals surface area (Å²) in [6, 6.07) is 6.88. The van der Waals surface area contributed by atoms with Crippen LogP contribution in [-0.4, -0.2) is 38.1 Å². The van der Waals surface area contributed by atoms with Crippen molar-refractivity contribution < 1.29 is 14.3 Å². The van der Waals surface area contributed by atoms with Gasteiger partial charge in [0.1, 0.15) is 6.04 Å². The molecule has 0 aliphatic heterocycles. The Morgan fingerprint density at radius 1 is 1.29 bits per heavy atom. The molecular weight excluding hydrogens is 270 g/mol. The van der Waals surface area contributed by atoms with Crippen molar-refractivity contribution >= 4 is 23.2 Å². The van der Waals surface area contributed by atoms with E-state index in [1.165, 1.54) is 6.92 Å². The maximum Gasteiger partial charge on any atom is 0.242 e. The lowest BCUT2D eigenvalue weighted by Gasteiger charge is -2.16. The van der Waals surface area contributed by atoms with Crippen molar-refractivity contribution in [1.82, 2.24) is 5.32 Å². The second-order valence-electron chi connectivity index (χ2n) is 4.77. The van der Waals surface area contributed by atoms with Gasteiger partial charge in [-0.15, -0.1) is 0 Å². The lowest BCUT2D eigenvalue weighted by molar-refractivity contribution is -0.121. The van der Waals surface area contributed by atoms with Gasteiger partial charge in [-0.1, -0.05) is 6.07 Å². The summed E-state index contributed by atoms with van der Waals surface area (Å²) >= 11 is 0. The van der Waals surface area contributed by atoms with Gasteiger partial charge in [-0.05, 0) is 31.5 Å². The van der Waals surface area contributed by atoms with Crippen LogP contribution in [0.1, 0.15) is 20.3 Å². The van der Waals surface area contributed by atoms with Gasteiger partial charge in [-0.25, -0.2) is 0 Å². The van der Waals surface area contributed by atoms with Crippen molar-refractivity contribution in [3.05, 3.63) is 24.3 Å². The van der Waals surface area contributed by atoms with Crippen LogP contribution in [0, 0.1) is 0 Å². The molecule has 0 saturated carbocycles. The molecule has 0 aromatic heterocycles.